The van der Waals surface area contributed by atoms with E-state index >= 15 is 0 Å². The molecule has 3 nitrogen and oxygen atoms in total. The lowest BCUT2D eigenvalue weighted by Crippen LogP contribution is -2.20. The van der Waals surface area contributed by atoms with Crippen LogP contribution in [0.1, 0.15) is 24.3 Å². The molecule has 1 aromatic rings. The second-order valence-corrected chi connectivity index (χ2v) is 4.90. The van der Waals surface area contributed by atoms with Gasteiger partial charge in [0, 0.05) is 6.54 Å². The highest BCUT2D eigenvalue weighted by atomic mass is 16.6. The van der Waals surface area contributed by atoms with Gasteiger partial charge in [-0.2, -0.15) is 0 Å². The van der Waals surface area contributed by atoms with Crippen molar-refractivity contribution in [1.29, 1.82) is 0 Å². The predicted molar refractivity (Wildman–Crippen MR) is 66.8 cm³/mol. The summed E-state index contributed by atoms with van der Waals surface area (Å²) >= 11 is 0. The SMILES string of the molecule is CNCC(c1ccc2c(c1)OCCO2)C1CC1. The topological polar surface area (TPSA) is 30.5 Å². The molecule has 1 saturated carbocycles. The van der Waals surface area contributed by atoms with Gasteiger partial charge in [-0.15, -0.1) is 0 Å². The van der Waals surface area contributed by atoms with E-state index < -0.39 is 0 Å². The van der Waals surface area contributed by atoms with Gasteiger partial charge in [-0.3, -0.25) is 0 Å². The molecule has 3 heteroatoms. The van der Waals surface area contributed by atoms with E-state index in [1.807, 2.05) is 7.05 Å². The third-order valence-electron chi connectivity index (χ3n) is 3.61. The Morgan fingerprint density at radius 3 is 2.71 bits per heavy atom. The normalized spacial score (nSPS) is 20.1. The van der Waals surface area contributed by atoms with Crippen molar-refractivity contribution in [3.8, 4) is 11.5 Å². The van der Waals surface area contributed by atoms with E-state index in [-0.39, 0.29) is 0 Å². The quantitative estimate of drug-likeness (QED) is 0.864. The summed E-state index contributed by atoms with van der Waals surface area (Å²) in [5.41, 5.74) is 1.38. The van der Waals surface area contributed by atoms with E-state index in [1.165, 1.54) is 18.4 Å². The molecule has 1 fully saturated rings. The summed E-state index contributed by atoms with van der Waals surface area (Å²) < 4.78 is 11.2. The monoisotopic (exact) mass is 233 g/mol. The molecule has 3 rings (SSSR count). The van der Waals surface area contributed by atoms with Crippen LogP contribution in [-0.4, -0.2) is 26.8 Å². The highest BCUT2D eigenvalue weighted by Gasteiger charge is 2.32. The minimum absolute atomic E-state index is 0.621. The molecule has 1 aliphatic carbocycles. The molecule has 0 saturated heterocycles. The number of rotatable bonds is 4. The number of nitrogens with one attached hydrogen (secondary N) is 1. The van der Waals surface area contributed by atoms with Crippen molar-refractivity contribution in [2.45, 2.75) is 18.8 Å². The Morgan fingerprint density at radius 2 is 2.00 bits per heavy atom. The van der Waals surface area contributed by atoms with Crippen LogP contribution in [0, 0.1) is 5.92 Å². The molecule has 0 radical (unpaired) electrons. The van der Waals surface area contributed by atoms with Gasteiger partial charge in [0.25, 0.3) is 0 Å². The second-order valence-electron chi connectivity index (χ2n) is 4.90. The molecule has 0 aromatic heterocycles. The van der Waals surface area contributed by atoms with Crippen LogP contribution in [0.2, 0.25) is 0 Å². The molecule has 1 aliphatic heterocycles. The van der Waals surface area contributed by atoms with Crippen molar-refractivity contribution in [2.24, 2.45) is 5.92 Å². The van der Waals surface area contributed by atoms with Gasteiger partial charge in [0.05, 0.1) is 0 Å². The average Bonchev–Trinajstić information content (AvgIpc) is 3.20. The van der Waals surface area contributed by atoms with Crippen LogP contribution < -0.4 is 14.8 Å². The van der Waals surface area contributed by atoms with E-state index in [9.17, 15) is 0 Å². The largest absolute Gasteiger partial charge is 0.486 e. The van der Waals surface area contributed by atoms with E-state index in [2.05, 4.69) is 23.5 Å². The summed E-state index contributed by atoms with van der Waals surface area (Å²) in [5.74, 6) is 3.27. The third-order valence-corrected chi connectivity index (χ3v) is 3.61. The molecule has 0 amide bonds. The van der Waals surface area contributed by atoms with Crippen LogP contribution in [0.4, 0.5) is 0 Å². The van der Waals surface area contributed by atoms with E-state index in [1.54, 1.807) is 0 Å². The van der Waals surface area contributed by atoms with Gasteiger partial charge in [0.15, 0.2) is 11.5 Å². The zero-order valence-corrected chi connectivity index (χ0v) is 10.2. The second kappa shape index (κ2) is 4.57. The fourth-order valence-electron chi connectivity index (χ4n) is 2.57. The van der Waals surface area contributed by atoms with E-state index in [0.29, 0.717) is 19.1 Å². The summed E-state index contributed by atoms with van der Waals surface area (Å²) in [6.45, 7) is 2.37. The van der Waals surface area contributed by atoms with Gasteiger partial charge in [0.1, 0.15) is 13.2 Å². The molecule has 17 heavy (non-hydrogen) atoms. The molecule has 0 bridgehead atoms. The van der Waals surface area contributed by atoms with Crippen molar-refractivity contribution in [1.82, 2.24) is 5.32 Å². The highest BCUT2D eigenvalue weighted by molar-refractivity contribution is 5.45. The fraction of sp³-hybridized carbons (Fsp3) is 0.571. The standard InChI is InChI=1S/C14H19NO2/c1-15-9-12(10-2-3-10)11-4-5-13-14(8-11)17-7-6-16-13/h4-5,8,10,12,15H,2-3,6-7,9H2,1H3. The van der Waals surface area contributed by atoms with Crippen LogP contribution in [0.3, 0.4) is 0 Å². The number of benzene rings is 1. The molecular weight excluding hydrogens is 214 g/mol. The Hall–Kier alpha value is -1.22. The maximum Gasteiger partial charge on any atom is 0.161 e. The smallest absolute Gasteiger partial charge is 0.161 e. The summed E-state index contributed by atoms with van der Waals surface area (Å²) in [6.07, 6.45) is 2.72. The van der Waals surface area contributed by atoms with Gasteiger partial charge in [-0.05, 0) is 49.4 Å². The first kappa shape index (κ1) is 10.9. The Bertz CT molecular complexity index is 401. The molecule has 1 unspecified atom stereocenters. The highest BCUT2D eigenvalue weighted by Crippen LogP contribution is 2.44. The number of likely N-dealkylation sites (N-methyl/N-ethyl adjacent to an activating group) is 1. The maximum absolute atomic E-state index is 5.65. The van der Waals surface area contributed by atoms with E-state index in [4.69, 9.17) is 9.47 Å². The van der Waals surface area contributed by atoms with Crippen molar-refractivity contribution in [2.75, 3.05) is 26.8 Å². The van der Waals surface area contributed by atoms with Crippen LogP contribution in [-0.2, 0) is 0 Å². The van der Waals surface area contributed by atoms with Crippen molar-refractivity contribution >= 4 is 0 Å². The first-order chi connectivity index (χ1) is 8.38. The maximum atomic E-state index is 5.65. The van der Waals surface area contributed by atoms with Crippen molar-refractivity contribution < 1.29 is 9.47 Å². The number of hydrogen-bond donors (Lipinski definition) is 1. The lowest BCUT2D eigenvalue weighted by Gasteiger charge is -2.22. The summed E-state index contributed by atoms with van der Waals surface area (Å²) in [6, 6.07) is 6.40. The Morgan fingerprint density at radius 1 is 1.24 bits per heavy atom. The van der Waals surface area contributed by atoms with Crippen LogP contribution in [0.5, 0.6) is 11.5 Å². The summed E-state index contributed by atoms with van der Waals surface area (Å²) in [5, 5.41) is 3.30. The predicted octanol–water partition coefficient (Wildman–Crippen LogP) is 2.17. The van der Waals surface area contributed by atoms with Gasteiger partial charge in [0.2, 0.25) is 0 Å². The van der Waals surface area contributed by atoms with Crippen LogP contribution in [0.15, 0.2) is 18.2 Å². The minimum atomic E-state index is 0.621. The molecule has 0 spiro atoms. The molecular formula is C14H19NO2. The Kier molecular flexibility index (Phi) is 2.93. The van der Waals surface area contributed by atoms with Gasteiger partial charge in [-0.25, -0.2) is 0 Å². The molecule has 1 atom stereocenters. The van der Waals surface area contributed by atoms with Crippen LogP contribution >= 0.6 is 0 Å². The summed E-state index contributed by atoms with van der Waals surface area (Å²) in [7, 11) is 2.02. The van der Waals surface area contributed by atoms with Crippen molar-refractivity contribution in [3.63, 3.8) is 0 Å². The van der Waals surface area contributed by atoms with Gasteiger partial charge in [-0.1, -0.05) is 6.07 Å². The molecule has 92 valence electrons. The first-order valence-corrected chi connectivity index (χ1v) is 6.42. The molecule has 1 N–H and O–H groups in total. The van der Waals surface area contributed by atoms with Gasteiger partial charge < -0.3 is 14.8 Å². The lowest BCUT2D eigenvalue weighted by atomic mass is 9.93. The molecule has 1 heterocycles. The molecule has 2 aliphatic rings. The zero-order valence-electron chi connectivity index (χ0n) is 10.2. The lowest BCUT2D eigenvalue weighted by molar-refractivity contribution is 0.171. The Balaban J connectivity index is 1.85. The van der Waals surface area contributed by atoms with Crippen molar-refractivity contribution in [3.05, 3.63) is 23.8 Å². The minimum Gasteiger partial charge on any atom is -0.486 e. The van der Waals surface area contributed by atoms with Gasteiger partial charge >= 0.3 is 0 Å². The zero-order chi connectivity index (χ0) is 11.7. The number of hydrogen-bond acceptors (Lipinski definition) is 3. The number of fused-ring (bicyclic) bond motifs is 1. The average molecular weight is 233 g/mol. The fourth-order valence-corrected chi connectivity index (χ4v) is 2.57. The Labute approximate surface area is 102 Å². The summed E-state index contributed by atoms with van der Waals surface area (Å²) in [4.78, 5) is 0. The number of ether oxygens (including phenoxy) is 2. The third kappa shape index (κ3) is 2.25. The first-order valence-electron chi connectivity index (χ1n) is 6.42. The molecule has 1 aromatic carbocycles. The van der Waals surface area contributed by atoms with E-state index in [0.717, 1.165) is 24.0 Å². The van der Waals surface area contributed by atoms with Crippen LogP contribution in [0.25, 0.3) is 0 Å².